The monoisotopic (exact) mass is 190 g/mol. The quantitative estimate of drug-likeness (QED) is 0.725. The first-order chi connectivity index (χ1) is 5.69. The van der Waals surface area contributed by atoms with Crippen molar-refractivity contribution in [2.75, 3.05) is 6.61 Å². The van der Waals surface area contributed by atoms with E-state index in [4.69, 9.17) is 9.84 Å². The number of aliphatic hydroxyl groups is 1. The highest BCUT2D eigenvalue weighted by atomic mass is 16.5. The standard InChI is InChI=1S/C7H16O.C4H10O/c1-6(2)8-7(3,4)5;1-4(2)3-5/h6H,1-5H3;4-5H,3H2,1-2H3. The molecule has 0 bridgehead atoms. The smallest absolute Gasteiger partial charge is 0.0601 e. The highest BCUT2D eigenvalue weighted by Crippen LogP contribution is 2.09. The van der Waals surface area contributed by atoms with Gasteiger partial charge in [0.15, 0.2) is 0 Å². The van der Waals surface area contributed by atoms with Crippen LogP contribution in [0.15, 0.2) is 0 Å². The molecule has 0 atom stereocenters. The number of rotatable bonds is 2. The van der Waals surface area contributed by atoms with Crippen LogP contribution in [0.1, 0.15) is 48.5 Å². The molecule has 0 radical (unpaired) electrons. The summed E-state index contributed by atoms with van der Waals surface area (Å²) in [4.78, 5) is 0. The lowest BCUT2D eigenvalue weighted by molar-refractivity contribution is -0.0424. The normalized spacial score (nSPS) is 11.5. The maximum atomic E-state index is 8.14. The van der Waals surface area contributed by atoms with E-state index in [0.29, 0.717) is 18.6 Å². The van der Waals surface area contributed by atoms with E-state index in [0.717, 1.165) is 0 Å². The van der Waals surface area contributed by atoms with E-state index in [9.17, 15) is 0 Å². The van der Waals surface area contributed by atoms with Crippen LogP contribution in [0.3, 0.4) is 0 Å². The summed E-state index contributed by atoms with van der Waals surface area (Å²) in [5.74, 6) is 0.440. The number of hydrogen-bond acceptors (Lipinski definition) is 2. The SMILES string of the molecule is CC(C)CO.CC(C)OC(C)(C)C. The fourth-order valence-electron chi connectivity index (χ4n) is 0.707. The van der Waals surface area contributed by atoms with Crippen LogP contribution in [0.25, 0.3) is 0 Å². The van der Waals surface area contributed by atoms with E-state index in [1.54, 1.807) is 0 Å². The van der Waals surface area contributed by atoms with Crippen molar-refractivity contribution in [3.05, 3.63) is 0 Å². The molecule has 0 fully saturated rings. The van der Waals surface area contributed by atoms with Gasteiger partial charge in [0, 0.05) is 6.61 Å². The Labute approximate surface area is 83.3 Å². The van der Waals surface area contributed by atoms with E-state index in [1.165, 1.54) is 0 Å². The minimum absolute atomic E-state index is 0.0220. The van der Waals surface area contributed by atoms with Crippen LogP contribution in [-0.2, 0) is 4.74 Å². The zero-order valence-electron chi connectivity index (χ0n) is 10.2. The van der Waals surface area contributed by atoms with Crippen LogP contribution in [0.4, 0.5) is 0 Å². The van der Waals surface area contributed by atoms with Crippen LogP contribution >= 0.6 is 0 Å². The minimum Gasteiger partial charge on any atom is -0.396 e. The molecule has 82 valence electrons. The second-order valence-electron chi connectivity index (χ2n) is 4.86. The lowest BCUT2D eigenvalue weighted by atomic mass is 10.2. The van der Waals surface area contributed by atoms with Gasteiger partial charge in [0.25, 0.3) is 0 Å². The average molecular weight is 190 g/mol. The number of hydrogen-bond donors (Lipinski definition) is 1. The van der Waals surface area contributed by atoms with Crippen molar-refractivity contribution < 1.29 is 9.84 Å². The Balaban J connectivity index is 0. The van der Waals surface area contributed by atoms with E-state index >= 15 is 0 Å². The van der Waals surface area contributed by atoms with Gasteiger partial charge in [0.1, 0.15) is 0 Å². The second-order valence-corrected chi connectivity index (χ2v) is 4.86. The first kappa shape index (κ1) is 15.4. The van der Waals surface area contributed by atoms with Gasteiger partial charge in [-0.1, -0.05) is 13.8 Å². The second kappa shape index (κ2) is 7.34. The Morgan fingerprint density at radius 3 is 1.38 bits per heavy atom. The average Bonchev–Trinajstić information content (AvgIpc) is 1.83. The van der Waals surface area contributed by atoms with Gasteiger partial charge in [-0.3, -0.25) is 0 Å². The summed E-state index contributed by atoms with van der Waals surface area (Å²) in [7, 11) is 0. The molecule has 0 aliphatic rings. The van der Waals surface area contributed by atoms with Crippen molar-refractivity contribution in [3.8, 4) is 0 Å². The van der Waals surface area contributed by atoms with Crippen LogP contribution in [0, 0.1) is 5.92 Å². The van der Waals surface area contributed by atoms with Crippen LogP contribution in [0.5, 0.6) is 0 Å². The fourth-order valence-corrected chi connectivity index (χ4v) is 0.707. The molecule has 0 rings (SSSR count). The van der Waals surface area contributed by atoms with Crippen molar-refractivity contribution in [1.29, 1.82) is 0 Å². The molecule has 0 aliphatic heterocycles. The molecule has 0 amide bonds. The van der Waals surface area contributed by atoms with Gasteiger partial charge in [0.05, 0.1) is 11.7 Å². The van der Waals surface area contributed by atoms with Gasteiger partial charge in [-0.15, -0.1) is 0 Å². The summed E-state index contributed by atoms with van der Waals surface area (Å²) in [6.45, 7) is 14.5. The van der Waals surface area contributed by atoms with E-state index in [1.807, 2.05) is 27.7 Å². The predicted octanol–water partition coefficient (Wildman–Crippen LogP) is 2.84. The van der Waals surface area contributed by atoms with Crippen molar-refractivity contribution in [1.82, 2.24) is 0 Å². The number of ether oxygens (including phenoxy) is 1. The highest BCUT2D eigenvalue weighted by molar-refractivity contribution is 4.59. The highest BCUT2D eigenvalue weighted by Gasteiger charge is 2.10. The van der Waals surface area contributed by atoms with Gasteiger partial charge in [-0.2, -0.15) is 0 Å². The maximum absolute atomic E-state index is 8.14. The van der Waals surface area contributed by atoms with Gasteiger partial charge >= 0.3 is 0 Å². The molecule has 2 heteroatoms. The largest absolute Gasteiger partial charge is 0.396 e. The Morgan fingerprint density at radius 2 is 1.38 bits per heavy atom. The Morgan fingerprint density at radius 1 is 1.08 bits per heavy atom. The van der Waals surface area contributed by atoms with Crippen molar-refractivity contribution in [2.24, 2.45) is 5.92 Å². The minimum atomic E-state index is 0.0220. The van der Waals surface area contributed by atoms with Gasteiger partial charge < -0.3 is 9.84 Å². The molecule has 2 nitrogen and oxygen atoms in total. The summed E-state index contributed by atoms with van der Waals surface area (Å²) in [5.41, 5.74) is 0.0220. The molecule has 0 saturated heterocycles. The molecule has 0 spiro atoms. The molecule has 0 unspecified atom stereocenters. The fraction of sp³-hybridized carbons (Fsp3) is 1.00. The summed E-state index contributed by atoms with van der Waals surface area (Å²) >= 11 is 0. The summed E-state index contributed by atoms with van der Waals surface area (Å²) in [6, 6.07) is 0. The molecule has 0 aromatic rings. The Hall–Kier alpha value is -0.0800. The van der Waals surface area contributed by atoms with Gasteiger partial charge in [0.2, 0.25) is 0 Å². The van der Waals surface area contributed by atoms with Crippen molar-refractivity contribution in [2.45, 2.75) is 60.2 Å². The van der Waals surface area contributed by atoms with Crippen molar-refractivity contribution >= 4 is 0 Å². The zero-order valence-corrected chi connectivity index (χ0v) is 10.2. The molecule has 0 aromatic heterocycles. The van der Waals surface area contributed by atoms with Crippen LogP contribution in [0.2, 0.25) is 0 Å². The Kier molecular flexibility index (Phi) is 8.69. The lowest BCUT2D eigenvalue weighted by Gasteiger charge is -2.22. The molecule has 13 heavy (non-hydrogen) atoms. The lowest BCUT2D eigenvalue weighted by Crippen LogP contribution is -2.23. The maximum Gasteiger partial charge on any atom is 0.0601 e. The first-order valence-corrected chi connectivity index (χ1v) is 4.97. The van der Waals surface area contributed by atoms with Crippen LogP contribution < -0.4 is 0 Å². The molecule has 0 aliphatic carbocycles. The molecule has 0 saturated carbocycles. The first-order valence-electron chi connectivity index (χ1n) is 4.97. The van der Waals surface area contributed by atoms with E-state index < -0.39 is 0 Å². The van der Waals surface area contributed by atoms with Crippen molar-refractivity contribution in [3.63, 3.8) is 0 Å². The summed E-state index contributed by atoms with van der Waals surface area (Å²) in [6.07, 6.45) is 0.343. The van der Waals surface area contributed by atoms with Crippen LogP contribution in [-0.4, -0.2) is 23.4 Å². The number of aliphatic hydroxyl groups excluding tert-OH is 1. The molecule has 0 heterocycles. The van der Waals surface area contributed by atoms with E-state index in [2.05, 4.69) is 20.8 Å². The predicted molar refractivity (Wildman–Crippen MR) is 57.9 cm³/mol. The third kappa shape index (κ3) is 24.5. The molecule has 0 aromatic carbocycles. The zero-order chi connectivity index (χ0) is 11.1. The third-order valence-electron chi connectivity index (χ3n) is 0.954. The molecular weight excluding hydrogens is 164 g/mol. The molecule has 1 N–H and O–H groups in total. The van der Waals surface area contributed by atoms with Gasteiger partial charge in [-0.25, -0.2) is 0 Å². The third-order valence-corrected chi connectivity index (χ3v) is 0.954. The summed E-state index contributed by atoms with van der Waals surface area (Å²) in [5, 5.41) is 8.14. The van der Waals surface area contributed by atoms with Gasteiger partial charge in [-0.05, 0) is 40.5 Å². The summed E-state index contributed by atoms with van der Waals surface area (Å²) < 4.78 is 5.44. The molecular formula is C11H26O2. The topological polar surface area (TPSA) is 29.5 Å². The Bertz CT molecular complexity index is 101. The van der Waals surface area contributed by atoms with E-state index in [-0.39, 0.29) is 5.60 Å².